The van der Waals surface area contributed by atoms with E-state index in [9.17, 15) is 5.11 Å². The number of ether oxygens (including phenoxy) is 1. The summed E-state index contributed by atoms with van der Waals surface area (Å²) >= 11 is 0. The second-order valence-electron chi connectivity index (χ2n) is 6.75. The van der Waals surface area contributed by atoms with Crippen molar-refractivity contribution < 1.29 is 9.84 Å². The maximum absolute atomic E-state index is 9.69. The summed E-state index contributed by atoms with van der Waals surface area (Å²) in [6.45, 7) is 7.27. The lowest BCUT2D eigenvalue weighted by Crippen LogP contribution is -2.27. The first-order valence-electron chi connectivity index (χ1n) is 8.65. The predicted octanol–water partition coefficient (Wildman–Crippen LogP) is 4.22. The van der Waals surface area contributed by atoms with Gasteiger partial charge in [-0.25, -0.2) is 0 Å². The number of phenols is 1. The van der Waals surface area contributed by atoms with Crippen LogP contribution < -0.4 is 10.1 Å². The number of H-pyrrole nitrogens is 1. The average molecular weight is 338 g/mol. The van der Waals surface area contributed by atoms with E-state index < -0.39 is 0 Å². The molecule has 0 aliphatic rings. The number of phenolic OH excluding ortho intramolecular Hbond substituents is 1. The molecule has 1 aromatic heterocycles. The van der Waals surface area contributed by atoms with Crippen LogP contribution >= 0.6 is 0 Å². The summed E-state index contributed by atoms with van der Waals surface area (Å²) in [4.78, 5) is 3.41. The van der Waals surface area contributed by atoms with Crippen molar-refractivity contribution >= 4 is 10.9 Å². The predicted molar refractivity (Wildman–Crippen MR) is 102 cm³/mol. The normalized spacial score (nSPS) is 12.5. The highest BCUT2D eigenvalue weighted by molar-refractivity contribution is 5.84. The summed E-state index contributed by atoms with van der Waals surface area (Å²) in [6.07, 6.45) is 0.876. The first-order chi connectivity index (χ1) is 12.0. The van der Waals surface area contributed by atoms with Crippen LogP contribution in [0.5, 0.6) is 11.5 Å². The maximum atomic E-state index is 9.69. The molecule has 132 valence electrons. The summed E-state index contributed by atoms with van der Waals surface area (Å²) in [5, 5.41) is 14.6. The second kappa shape index (κ2) is 7.19. The van der Waals surface area contributed by atoms with E-state index in [1.807, 2.05) is 12.1 Å². The van der Waals surface area contributed by atoms with Crippen LogP contribution in [0.15, 0.2) is 36.4 Å². The number of methoxy groups -OCH3 is 1. The van der Waals surface area contributed by atoms with Crippen molar-refractivity contribution in [3.63, 3.8) is 0 Å². The van der Waals surface area contributed by atoms with E-state index in [1.165, 1.54) is 27.7 Å². The monoisotopic (exact) mass is 338 g/mol. The summed E-state index contributed by atoms with van der Waals surface area (Å²) in [6, 6.07) is 12.4. The summed E-state index contributed by atoms with van der Waals surface area (Å²) in [5.74, 6) is 0.700. The van der Waals surface area contributed by atoms with Gasteiger partial charge in [0.2, 0.25) is 0 Å². The van der Waals surface area contributed by atoms with Crippen LogP contribution in [0, 0.1) is 13.8 Å². The first kappa shape index (κ1) is 17.4. The Balaban J connectivity index is 1.64. The minimum absolute atomic E-state index is 0.178. The third kappa shape index (κ3) is 3.80. The minimum Gasteiger partial charge on any atom is -0.504 e. The smallest absolute Gasteiger partial charge is 0.160 e. The zero-order valence-corrected chi connectivity index (χ0v) is 15.3. The van der Waals surface area contributed by atoms with Gasteiger partial charge in [-0.2, -0.15) is 0 Å². The molecule has 3 rings (SSSR count). The van der Waals surface area contributed by atoms with Gasteiger partial charge in [-0.05, 0) is 68.1 Å². The van der Waals surface area contributed by atoms with Crippen LogP contribution in [0.4, 0.5) is 0 Å². The molecular formula is C21H26N2O2. The van der Waals surface area contributed by atoms with E-state index in [0.29, 0.717) is 11.8 Å². The van der Waals surface area contributed by atoms with Gasteiger partial charge in [-0.3, -0.25) is 0 Å². The number of aromatic hydroxyl groups is 1. The molecule has 1 unspecified atom stereocenters. The van der Waals surface area contributed by atoms with Gasteiger partial charge < -0.3 is 20.1 Å². The molecule has 25 heavy (non-hydrogen) atoms. The molecule has 1 atom stereocenters. The third-order valence-corrected chi connectivity index (χ3v) is 4.81. The Kier molecular flexibility index (Phi) is 5.00. The highest BCUT2D eigenvalue weighted by Crippen LogP contribution is 2.27. The Morgan fingerprint density at radius 3 is 2.64 bits per heavy atom. The summed E-state index contributed by atoms with van der Waals surface area (Å²) in [5.41, 5.74) is 6.17. The van der Waals surface area contributed by atoms with E-state index >= 15 is 0 Å². The number of nitrogens with one attached hydrogen (secondary N) is 2. The van der Waals surface area contributed by atoms with E-state index in [4.69, 9.17) is 4.74 Å². The highest BCUT2D eigenvalue weighted by atomic mass is 16.5. The number of aromatic amines is 1. The molecule has 4 nitrogen and oxygen atoms in total. The fraction of sp³-hybridized carbons (Fsp3) is 0.333. The number of fused-ring (bicyclic) bond motifs is 1. The molecule has 3 aromatic rings. The Morgan fingerprint density at radius 2 is 1.88 bits per heavy atom. The number of aryl methyl sites for hydroxylation is 2. The molecule has 0 fully saturated rings. The van der Waals surface area contributed by atoms with Gasteiger partial charge in [0, 0.05) is 29.2 Å². The van der Waals surface area contributed by atoms with E-state index in [-0.39, 0.29) is 5.75 Å². The quantitative estimate of drug-likeness (QED) is 0.631. The van der Waals surface area contributed by atoms with E-state index in [1.54, 1.807) is 13.2 Å². The molecule has 2 aromatic carbocycles. The van der Waals surface area contributed by atoms with Crippen LogP contribution in [-0.2, 0) is 13.0 Å². The standard InChI is InChI=1S/C21H26N2O2/c1-13(9-16-6-8-20(24)21(11-16)25-4)22-12-17-5-7-19-18(10-17)14(2)15(3)23-19/h5-8,10-11,13,22-24H,9,12H2,1-4H3. The number of rotatable bonds is 6. The van der Waals surface area contributed by atoms with Crippen molar-refractivity contribution in [3.05, 3.63) is 58.8 Å². The lowest BCUT2D eigenvalue weighted by Gasteiger charge is -2.15. The lowest BCUT2D eigenvalue weighted by atomic mass is 10.1. The number of aromatic nitrogens is 1. The van der Waals surface area contributed by atoms with Crippen molar-refractivity contribution in [2.75, 3.05) is 7.11 Å². The second-order valence-corrected chi connectivity index (χ2v) is 6.75. The van der Waals surface area contributed by atoms with Crippen molar-refractivity contribution in [2.45, 2.75) is 39.8 Å². The van der Waals surface area contributed by atoms with Gasteiger partial charge in [0.15, 0.2) is 11.5 Å². The van der Waals surface area contributed by atoms with Gasteiger partial charge in [-0.1, -0.05) is 12.1 Å². The van der Waals surface area contributed by atoms with E-state index in [2.05, 4.69) is 49.3 Å². The molecule has 0 aliphatic carbocycles. The molecule has 0 aliphatic heterocycles. The largest absolute Gasteiger partial charge is 0.504 e. The molecule has 0 amide bonds. The third-order valence-electron chi connectivity index (χ3n) is 4.81. The molecule has 0 saturated heterocycles. The highest BCUT2D eigenvalue weighted by Gasteiger charge is 2.09. The van der Waals surface area contributed by atoms with Crippen molar-refractivity contribution in [2.24, 2.45) is 0 Å². The average Bonchev–Trinajstić information content (AvgIpc) is 2.89. The SMILES string of the molecule is COc1cc(CC(C)NCc2ccc3[nH]c(C)c(C)c3c2)ccc1O. The Hall–Kier alpha value is -2.46. The van der Waals surface area contributed by atoms with Gasteiger partial charge in [0.25, 0.3) is 0 Å². The maximum Gasteiger partial charge on any atom is 0.160 e. The number of benzene rings is 2. The lowest BCUT2D eigenvalue weighted by molar-refractivity contribution is 0.372. The minimum atomic E-state index is 0.178. The van der Waals surface area contributed by atoms with Crippen LogP contribution in [0.3, 0.4) is 0 Å². The zero-order valence-electron chi connectivity index (χ0n) is 15.3. The van der Waals surface area contributed by atoms with Gasteiger partial charge in [0.05, 0.1) is 7.11 Å². The Labute approximate surface area is 148 Å². The molecule has 0 bridgehead atoms. The molecular weight excluding hydrogens is 312 g/mol. The number of hydrogen-bond acceptors (Lipinski definition) is 3. The molecule has 4 heteroatoms. The first-order valence-corrected chi connectivity index (χ1v) is 8.65. The van der Waals surface area contributed by atoms with Crippen LogP contribution in [0.2, 0.25) is 0 Å². The molecule has 0 radical (unpaired) electrons. The van der Waals surface area contributed by atoms with Crippen molar-refractivity contribution in [3.8, 4) is 11.5 Å². The molecule has 0 saturated carbocycles. The fourth-order valence-electron chi connectivity index (χ4n) is 3.19. The number of hydrogen-bond donors (Lipinski definition) is 3. The Bertz CT molecular complexity index is 883. The summed E-state index contributed by atoms with van der Waals surface area (Å²) < 4.78 is 5.18. The molecule has 0 spiro atoms. The molecule has 3 N–H and O–H groups in total. The van der Waals surface area contributed by atoms with Crippen molar-refractivity contribution in [1.29, 1.82) is 0 Å². The van der Waals surface area contributed by atoms with Crippen LogP contribution in [-0.4, -0.2) is 23.2 Å². The fourth-order valence-corrected chi connectivity index (χ4v) is 3.19. The van der Waals surface area contributed by atoms with Crippen molar-refractivity contribution in [1.82, 2.24) is 10.3 Å². The van der Waals surface area contributed by atoms with Crippen LogP contribution in [0.25, 0.3) is 10.9 Å². The topological polar surface area (TPSA) is 57.3 Å². The summed E-state index contributed by atoms with van der Waals surface area (Å²) in [7, 11) is 1.57. The molecule has 1 heterocycles. The van der Waals surface area contributed by atoms with Gasteiger partial charge in [-0.15, -0.1) is 0 Å². The zero-order chi connectivity index (χ0) is 18.0. The van der Waals surface area contributed by atoms with Crippen LogP contribution in [0.1, 0.15) is 29.3 Å². The Morgan fingerprint density at radius 1 is 1.12 bits per heavy atom. The van der Waals surface area contributed by atoms with Gasteiger partial charge in [0.1, 0.15) is 0 Å². The van der Waals surface area contributed by atoms with E-state index in [0.717, 1.165) is 18.5 Å². The van der Waals surface area contributed by atoms with Gasteiger partial charge >= 0.3 is 0 Å².